The number of hydrogen-bond acceptors (Lipinski definition) is 3. The van der Waals surface area contributed by atoms with Gasteiger partial charge in [0.2, 0.25) is 0 Å². The highest BCUT2D eigenvalue weighted by molar-refractivity contribution is 6.11. The number of nitrogens with one attached hydrogen (secondary N) is 2. The number of anilines is 1. The van der Waals surface area contributed by atoms with Gasteiger partial charge in [-0.25, -0.2) is 4.79 Å². The Hall–Kier alpha value is -3.15. The Morgan fingerprint density at radius 2 is 1.86 bits per heavy atom. The summed E-state index contributed by atoms with van der Waals surface area (Å²) in [6.07, 6.45) is 1.65. The van der Waals surface area contributed by atoms with Crippen molar-refractivity contribution in [1.29, 1.82) is 0 Å². The van der Waals surface area contributed by atoms with Crippen LogP contribution in [0.1, 0.15) is 20.7 Å². The van der Waals surface area contributed by atoms with Crippen LogP contribution in [0.15, 0.2) is 48.7 Å². The number of fused-ring (bicyclic) bond motifs is 1. The van der Waals surface area contributed by atoms with Crippen LogP contribution in [0.5, 0.6) is 0 Å². The fourth-order valence-corrected chi connectivity index (χ4v) is 2.09. The minimum absolute atomic E-state index is 0.0283. The highest BCUT2D eigenvalue weighted by Gasteiger charge is 2.15. The Morgan fingerprint density at radius 1 is 1.10 bits per heavy atom. The van der Waals surface area contributed by atoms with E-state index in [1.54, 1.807) is 36.5 Å². The number of rotatable bonds is 3. The fraction of sp³-hybridized carbons (Fsp3) is 0. The zero-order chi connectivity index (χ0) is 14.8. The molecule has 0 spiro atoms. The summed E-state index contributed by atoms with van der Waals surface area (Å²) < 4.78 is 0. The third-order valence-corrected chi connectivity index (χ3v) is 3.10. The summed E-state index contributed by atoms with van der Waals surface area (Å²) in [5, 5.41) is 19.4. The summed E-state index contributed by atoms with van der Waals surface area (Å²) in [6, 6.07) is 11.4. The molecule has 1 amide bonds. The number of carbonyl (C=O) groups excluding carboxylic acids is 1. The first-order valence-corrected chi connectivity index (χ1v) is 6.22. The smallest absolute Gasteiger partial charge is 0.336 e. The van der Waals surface area contributed by atoms with E-state index in [4.69, 9.17) is 5.11 Å². The third kappa shape index (κ3) is 2.46. The van der Waals surface area contributed by atoms with Crippen LogP contribution in [0.3, 0.4) is 0 Å². The van der Waals surface area contributed by atoms with Crippen molar-refractivity contribution < 1.29 is 14.7 Å². The third-order valence-electron chi connectivity index (χ3n) is 3.10. The number of carbonyl (C=O) groups is 2. The molecule has 0 saturated heterocycles. The van der Waals surface area contributed by atoms with E-state index in [1.807, 2.05) is 0 Å². The molecular weight excluding hydrogens is 270 g/mol. The number of aromatic nitrogens is 2. The van der Waals surface area contributed by atoms with Gasteiger partial charge < -0.3 is 10.4 Å². The molecule has 0 saturated carbocycles. The van der Waals surface area contributed by atoms with E-state index in [1.165, 1.54) is 12.1 Å². The molecule has 3 rings (SSSR count). The summed E-state index contributed by atoms with van der Waals surface area (Å²) in [7, 11) is 0. The summed E-state index contributed by atoms with van der Waals surface area (Å²) in [5.41, 5.74) is 1.53. The molecule has 6 heteroatoms. The SMILES string of the molecule is O=C(O)c1ccccc1C(=O)Nc1ccc2[nH]ncc2c1. The first-order chi connectivity index (χ1) is 10.1. The second-order valence-electron chi connectivity index (χ2n) is 4.48. The van der Waals surface area contributed by atoms with E-state index in [2.05, 4.69) is 15.5 Å². The number of benzene rings is 2. The minimum Gasteiger partial charge on any atom is -0.478 e. The fourth-order valence-electron chi connectivity index (χ4n) is 2.09. The van der Waals surface area contributed by atoms with Crippen LogP contribution >= 0.6 is 0 Å². The maximum Gasteiger partial charge on any atom is 0.336 e. The van der Waals surface area contributed by atoms with Gasteiger partial charge in [-0.2, -0.15) is 5.10 Å². The van der Waals surface area contributed by atoms with Crippen LogP contribution in [-0.2, 0) is 0 Å². The van der Waals surface area contributed by atoms with Gasteiger partial charge in [-0.05, 0) is 30.3 Å². The Bertz CT molecular complexity index is 839. The molecule has 0 aliphatic rings. The molecule has 21 heavy (non-hydrogen) atoms. The van der Waals surface area contributed by atoms with Gasteiger partial charge in [-0.1, -0.05) is 12.1 Å². The van der Waals surface area contributed by atoms with E-state index in [0.717, 1.165) is 10.9 Å². The standard InChI is InChI=1S/C15H11N3O3/c19-14(11-3-1-2-4-12(11)15(20)21)17-10-5-6-13-9(7-10)8-16-18-13/h1-8H,(H,16,18)(H,17,19)(H,20,21). The number of carboxylic acid groups (broad SMARTS) is 1. The second kappa shape index (κ2) is 5.09. The number of carboxylic acids is 1. The van der Waals surface area contributed by atoms with Crippen LogP contribution in [0, 0.1) is 0 Å². The monoisotopic (exact) mass is 281 g/mol. The number of nitrogens with zero attached hydrogens (tertiary/aromatic N) is 1. The predicted octanol–water partition coefficient (Wildman–Crippen LogP) is 2.51. The van der Waals surface area contributed by atoms with Crippen molar-refractivity contribution in [2.24, 2.45) is 0 Å². The van der Waals surface area contributed by atoms with E-state index in [-0.39, 0.29) is 11.1 Å². The average Bonchev–Trinajstić information content (AvgIpc) is 2.94. The number of H-pyrrole nitrogens is 1. The van der Waals surface area contributed by atoms with Gasteiger partial charge in [-0.15, -0.1) is 0 Å². The van der Waals surface area contributed by atoms with Gasteiger partial charge in [0.05, 0.1) is 22.8 Å². The summed E-state index contributed by atoms with van der Waals surface area (Å²) in [5.74, 6) is -1.60. The van der Waals surface area contributed by atoms with Crippen molar-refractivity contribution in [3.8, 4) is 0 Å². The molecule has 6 nitrogen and oxygen atoms in total. The van der Waals surface area contributed by atoms with Crippen LogP contribution in [0.2, 0.25) is 0 Å². The Morgan fingerprint density at radius 3 is 2.62 bits per heavy atom. The molecule has 0 bridgehead atoms. The minimum atomic E-state index is -1.13. The molecule has 3 aromatic rings. The van der Waals surface area contributed by atoms with Gasteiger partial charge >= 0.3 is 5.97 Å². The van der Waals surface area contributed by atoms with Crippen LogP contribution in [0.4, 0.5) is 5.69 Å². The first-order valence-electron chi connectivity index (χ1n) is 6.22. The number of amides is 1. The Labute approximate surface area is 119 Å². The van der Waals surface area contributed by atoms with E-state index in [9.17, 15) is 9.59 Å². The zero-order valence-corrected chi connectivity index (χ0v) is 10.8. The molecule has 0 radical (unpaired) electrons. The van der Waals surface area contributed by atoms with Gasteiger partial charge in [0.1, 0.15) is 0 Å². The molecule has 1 aromatic heterocycles. The lowest BCUT2D eigenvalue weighted by Gasteiger charge is -2.07. The van der Waals surface area contributed by atoms with Crippen molar-refractivity contribution in [1.82, 2.24) is 10.2 Å². The molecule has 0 fully saturated rings. The quantitative estimate of drug-likeness (QED) is 0.687. The van der Waals surface area contributed by atoms with E-state index >= 15 is 0 Å². The van der Waals surface area contributed by atoms with E-state index in [0.29, 0.717) is 5.69 Å². The maximum absolute atomic E-state index is 12.2. The van der Waals surface area contributed by atoms with Crippen LogP contribution in [0.25, 0.3) is 10.9 Å². The molecule has 0 aliphatic heterocycles. The van der Waals surface area contributed by atoms with Crippen molar-refractivity contribution in [2.75, 3.05) is 5.32 Å². The lowest BCUT2D eigenvalue weighted by Crippen LogP contribution is -2.16. The molecule has 2 aromatic carbocycles. The average molecular weight is 281 g/mol. The van der Waals surface area contributed by atoms with Crippen molar-refractivity contribution >= 4 is 28.5 Å². The maximum atomic E-state index is 12.2. The van der Waals surface area contributed by atoms with Crippen molar-refractivity contribution in [3.63, 3.8) is 0 Å². The normalized spacial score (nSPS) is 10.5. The molecule has 104 valence electrons. The van der Waals surface area contributed by atoms with Crippen LogP contribution in [-0.4, -0.2) is 27.2 Å². The van der Waals surface area contributed by atoms with Crippen LogP contribution < -0.4 is 5.32 Å². The molecule has 0 atom stereocenters. The summed E-state index contributed by atoms with van der Waals surface area (Å²) in [6.45, 7) is 0. The first kappa shape index (κ1) is 12.9. The lowest BCUT2D eigenvalue weighted by molar-refractivity contribution is 0.0692. The molecular formula is C15H11N3O3. The number of aromatic carboxylic acids is 1. The molecule has 3 N–H and O–H groups in total. The van der Waals surface area contributed by atoms with Gasteiger partial charge in [0, 0.05) is 11.1 Å². The Balaban J connectivity index is 1.91. The molecule has 0 aliphatic carbocycles. The summed E-state index contributed by atoms with van der Waals surface area (Å²) >= 11 is 0. The molecule has 0 unspecified atom stereocenters. The Kier molecular flexibility index (Phi) is 3.12. The highest BCUT2D eigenvalue weighted by Crippen LogP contribution is 2.18. The molecule has 1 heterocycles. The van der Waals surface area contributed by atoms with Gasteiger partial charge in [-0.3, -0.25) is 9.89 Å². The zero-order valence-electron chi connectivity index (χ0n) is 10.8. The van der Waals surface area contributed by atoms with Gasteiger partial charge in [0.25, 0.3) is 5.91 Å². The summed E-state index contributed by atoms with van der Waals surface area (Å²) in [4.78, 5) is 23.3. The largest absolute Gasteiger partial charge is 0.478 e. The highest BCUT2D eigenvalue weighted by atomic mass is 16.4. The topological polar surface area (TPSA) is 95.1 Å². The number of hydrogen-bond donors (Lipinski definition) is 3. The second-order valence-corrected chi connectivity index (χ2v) is 4.48. The predicted molar refractivity (Wildman–Crippen MR) is 77.4 cm³/mol. The van der Waals surface area contributed by atoms with Crippen molar-refractivity contribution in [3.05, 3.63) is 59.8 Å². The van der Waals surface area contributed by atoms with Gasteiger partial charge in [0.15, 0.2) is 0 Å². The van der Waals surface area contributed by atoms with Crippen molar-refractivity contribution in [2.45, 2.75) is 0 Å². The number of aromatic amines is 1. The lowest BCUT2D eigenvalue weighted by atomic mass is 10.1. The van der Waals surface area contributed by atoms with E-state index < -0.39 is 11.9 Å².